The zero-order valence-corrected chi connectivity index (χ0v) is 18.6. The van der Waals surface area contributed by atoms with Crippen LogP contribution in [0.5, 0.6) is 0 Å². The molecule has 3 rings (SSSR count). The lowest BCUT2D eigenvalue weighted by molar-refractivity contribution is 0.0473. The predicted octanol–water partition coefficient (Wildman–Crippen LogP) is 3.00. The molecule has 8 nitrogen and oxygen atoms in total. The molecule has 0 unspecified atom stereocenters. The molecule has 3 aromatic rings. The summed E-state index contributed by atoms with van der Waals surface area (Å²) in [4.78, 5) is 29.0. The predicted molar refractivity (Wildman–Crippen MR) is 111 cm³/mol. The van der Waals surface area contributed by atoms with Crippen molar-refractivity contribution in [2.45, 2.75) is 18.7 Å². The number of aryl methyl sites for hydroxylation is 1. The topological polar surface area (TPSA) is 121 Å². The molecule has 2 heterocycles. The zero-order valence-electron chi connectivity index (χ0n) is 15.4. The van der Waals surface area contributed by atoms with E-state index in [0.29, 0.717) is 15.7 Å². The quantitative estimate of drug-likeness (QED) is 0.412. The SMILES string of the molecule is Cc1cc(C(=O)COC(=O)c2cc(S(N)(=O)=O)ccc2Br)c(C)n1-c1nccs1. The number of Topliss-reactive ketones (excluding diaryl/α,β-unsaturated/α-hetero) is 1. The summed E-state index contributed by atoms with van der Waals surface area (Å²) in [5, 5.41) is 7.67. The van der Waals surface area contributed by atoms with E-state index in [1.54, 1.807) is 19.2 Å². The molecule has 152 valence electrons. The first kappa shape index (κ1) is 21.4. The van der Waals surface area contributed by atoms with Crippen LogP contribution in [0.1, 0.15) is 32.1 Å². The van der Waals surface area contributed by atoms with Crippen LogP contribution in [0.25, 0.3) is 5.13 Å². The highest BCUT2D eigenvalue weighted by Gasteiger charge is 2.21. The van der Waals surface area contributed by atoms with Crippen molar-refractivity contribution in [2.24, 2.45) is 5.14 Å². The van der Waals surface area contributed by atoms with E-state index < -0.39 is 22.6 Å². The van der Waals surface area contributed by atoms with Crippen molar-refractivity contribution in [3.63, 3.8) is 0 Å². The Morgan fingerprint density at radius 1 is 1.24 bits per heavy atom. The largest absolute Gasteiger partial charge is 0.454 e. The number of hydrogen-bond acceptors (Lipinski definition) is 7. The van der Waals surface area contributed by atoms with Crippen molar-refractivity contribution in [2.75, 3.05) is 6.61 Å². The van der Waals surface area contributed by atoms with Gasteiger partial charge < -0.3 is 4.74 Å². The number of sulfonamides is 1. The molecular formula is C18H16BrN3O5S2. The van der Waals surface area contributed by atoms with Crippen LogP contribution >= 0.6 is 27.3 Å². The Hall–Kier alpha value is -2.34. The van der Waals surface area contributed by atoms with Gasteiger partial charge in [0.2, 0.25) is 15.8 Å². The molecule has 29 heavy (non-hydrogen) atoms. The molecule has 0 bridgehead atoms. The first-order valence-corrected chi connectivity index (χ1v) is 11.4. The molecule has 11 heteroatoms. The summed E-state index contributed by atoms with van der Waals surface area (Å²) >= 11 is 4.61. The number of hydrogen-bond donors (Lipinski definition) is 1. The van der Waals surface area contributed by atoms with E-state index in [4.69, 9.17) is 9.88 Å². The molecule has 0 aliphatic rings. The zero-order chi connectivity index (χ0) is 21.3. The third-order valence-electron chi connectivity index (χ3n) is 4.16. The van der Waals surface area contributed by atoms with Crippen molar-refractivity contribution in [3.05, 3.63) is 62.8 Å². The molecule has 2 aromatic heterocycles. The maximum atomic E-state index is 12.6. The van der Waals surface area contributed by atoms with Crippen LogP contribution in [-0.4, -0.2) is 36.3 Å². The van der Waals surface area contributed by atoms with E-state index in [1.807, 2.05) is 16.9 Å². The van der Waals surface area contributed by atoms with Gasteiger partial charge in [-0.3, -0.25) is 9.36 Å². The molecule has 1 aromatic carbocycles. The summed E-state index contributed by atoms with van der Waals surface area (Å²) in [5.74, 6) is -1.22. The summed E-state index contributed by atoms with van der Waals surface area (Å²) in [7, 11) is -3.98. The molecule has 0 saturated heterocycles. The summed E-state index contributed by atoms with van der Waals surface area (Å²) in [5.41, 5.74) is 1.90. The fourth-order valence-corrected chi connectivity index (χ4v) is 4.49. The number of aromatic nitrogens is 2. The molecule has 0 spiro atoms. The van der Waals surface area contributed by atoms with E-state index in [0.717, 1.165) is 16.9 Å². The van der Waals surface area contributed by atoms with E-state index in [1.165, 1.54) is 23.5 Å². The van der Waals surface area contributed by atoms with E-state index in [-0.39, 0.29) is 16.2 Å². The first-order valence-electron chi connectivity index (χ1n) is 8.21. The molecule has 0 aliphatic carbocycles. The molecule has 2 N–H and O–H groups in total. The highest BCUT2D eigenvalue weighted by Crippen LogP contribution is 2.24. The van der Waals surface area contributed by atoms with Gasteiger partial charge in [-0.15, -0.1) is 11.3 Å². The standard InChI is InChI=1S/C18H16BrN3O5S2/c1-10-7-13(11(2)22(10)18-21-5-6-28-18)16(23)9-27-17(24)14-8-12(29(20,25)26)3-4-15(14)19/h3-8H,9H2,1-2H3,(H2,20,25,26). The van der Waals surface area contributed by atoms with Gasteiger partial charge in [-0.25, -0.2) is 23.3 Å². The first-order chi connectivity index (χ1) is 13.6. The second-order valence-corrected chi connectivity index (χ2v) is 9.41. The molecular weight excluding hydrogens is 482 g/mol. The smallest absolute Gasteiger partial charge is 0.339 e. The van der Waals surface area contributed by atoms with Gasteiger partial charge in [-0.05, 0) is 54.0 Å². The number of carbonyl (C=O) groups is 2. The summed E-state index contributed by atoms with van der Waals surface area (Å²) in [6.45, 7) is 3.15. The number of thiazole rings is 1. The molecule has 0 amide bonds. The lowest BCUT2D eigenvalue weighted by Crippen LogP contribution is -2.17. The molecule has 0 aliphatic heterocycles. The lowest BCUT2D eigenvalue weighted by atomic mass is 10.1. The van der Waals surface area contributed by atoms with Gasteiger partial charge >= 0.3 is 5.97 Å². The number of esters is 1. The van der Waals surface area contributed by atoms with Gasteiger partial charge in [0.05, 0.1) is 10.5 Å². The second kappa shape index (κ2) is 8.19. The minimum atomic E-state index is -3.98. The van der Waals surface area contributed by atoms with Gasteiger partial charge in [0.15, 0.2) is 11.7 Å². The number of nitrogens with two attached hydrogens (primary N) is 1. The van der Waals surface area contributed by atoms with Crippen molar-refractivity contribution in [1.29, 1.82) is 0 Å². The van der Waals surface area contributed by atoms with Gasteiger partial charge in [-0.1, -0.05) is 0 Å². The third kappa shape index (κ3) is 4.47. The summed E-state index contributed by atoms with van der Waals surface area (Å²) in [6, 6.07) is 5.44. The fraction of sp³-hybridized carbons (Fsp3) is 0.167. The van der Waals surface area contributed by atoms with Gasteiger partial charge in [-0.2, -0.15) is 0 Å². The molecule has 0 saturated carbocycles. The summed E-state index contributed by atoms with van der Waals surface area (Å²) < 4.78 is 30.3. The number of carbonyl (C=O) groups excluding carboxylic acids is 2. The van der Waals surface area contributed by atoms with Gasteiger partial charge in [0, 0.05) is 33.0 Å². The van der Waals surface area contributed by atoms with Crippen molar-refractivity contribution >= 4 is 49.0 Å². The highest BCUT2D eigenvalue weighted by atomic mass is 79.9. The number of rotatable bonds is 6. The minimum absolute atomic E-state index is 0.0439. The van der Waals surface area contributed by atoms with Crippen molar-refractivity contribution < 1.29 is 22.7 Å². The normalized spacial score (nSPS) is 11.4. The Morgan fingerprint density at radius 3 is 2.59 bits per heavy atom. The third-order valence-corrected chi connectivity index (χ3v) is 6.52. The Kier molecular flexibility index (Phi) is 6.03. The second-order valence-electron chi connectivity index (χ2n) is 6.12. The van der Waals surface area contributed by atoms with Crippen molar-refractivity contribution in [3.8, 4) is 5.13 Å². The van der Waals surface area contributed by atoms with Crippen LogP contribution in [-0.2, 0) is 14.8 Å². The maximum absolute atomic E-state index is 12.6. The van der Waals surface area contributed by atoms with E-state index >= 15 is 0 Å². The van der Waals surface area contributed by atoms with E-state index in [2.05, 4.69) is 20.9 Å². The van der Waals surface area contributed by atoms with Gasteiger partial charge in [0.25, 0.3) is 0 Å². The van der Waals surface area contributed by atoms with Crippen LogP contribution in [0.4, 0.5) is 0 Å². The molecule has 0 radical (unpaired) electrons. The number of benzene rings is 1. The number of nitrogens with zero attached hydrogens (tertiary/aromatic N) is 2. The average Bonchev–Trinajstić information content (AvgIpc) is 3.26. The van der Waals surface area contributed by atoms with Gasteiger partial charge in [0.1, 0.15) is 0 Å². The molecule has 0 fully saturated rings. The highest BCUT2D eigenvalue weighted by molar-refractivity contribution is 9.10. The Balaban J connectivity index is 1.78. The Morgan fingerprint density at radius 2 is 1.97 bits per heavy atom. The monoisotopic (exact) mass is 497 g/mol. The lowest BCUT2D eigenvalue weighted by Gasteiger charge is -2.08. The maximum Gasteiger partial charge on any atom is 0.339 e. The van der Waals surface area contributed by atoms with Crippen LogP contribution < -0.4 is 5.14 Å². The number of halogens is 1. The van der Waals surface area contributed by atoms with Crippen LogP contribution in [0, 0.1) is 13.8 Å². The summed E-state index contributed by atoms with van der Waals surface area (Å²) in [6.07, 6.45) is 1.68. The molecule has 0 atom stereocenters. The number of primary sulfonamides is 1. The average molecular weight is 498 g/mol. The fourth-order valence-electron chi connectivity index (χ4n) is 2.79. The number of ketones is 1. The van der Waals surface area contributed by atoms with E-state index in [9.17, 15) is 18.0 Å². The van der Waals surface area contributed by atoms with Crippen LogP contribution in [0.2, 0.25) is 0 Å². The Bertz CT molecular complexity index is 1200. The van der Waals surface area contributed by atoms with Crippen molar-refractivity contribution in [1.82, 2.24) is 9.55 Å². The Labute approximate surface area is 179 Å². The van der Waals surface area contributed by atoms with Crippen LogP contribution in [0.3, 0.4) is 0 Å². The minimum Gasteiger partial charge on any atom is -0.454 e. The van der Waals surface area contributed by atoms with Crippen LogP contribution in [0.15, 0.2) is 45.2 Å². The number of ether oxygens (including phenoxy) is 1.